The Labute approximate surface area is 216 Å². The van der Waals surface area contributed by atoms with Gasteiger partial charge in [-0.1, -0.05) is 48.5 Å². The SMILES string of the molecule is Cc1ccc2c(c1)N(C(=O)N1CCC(CC(=O)N(c3ccccc3)c3ccccc3)(C(=O)O)CC1)CC2. The number of carboxylic acids is 1. The Kier molecular flexibility index (Phi) is 6.70. The van der Waals surface area contributed by atoms with Crippen LogP contribution in [0.4, 0.5) is 21.9 Å². The maximum absolute atomic E-state index is 13.7. The number of nitrogens with zero attached hydrogens (tertiary/aromatic N) is 3. The van der Waals surface area contributed by atoms with Gasteiger partial charge >= 0.3 is 12.0 Å². The van der Waals surface area contributed by atoms with E-state index in [-0.39, 0.29) is 31.2 Å². The molecule has 5 rings (SSSR count). The van der Waals surface area contributed by atoms with Crippen LogP contribution in [-0.2, 0) is 16.0 Å². The Morgan fingerprint density at radius 1 is 0.865 bits per heavy atom. The molecule has 0 atom stereocenters. The van der Waals surface area contributed by atoms with Gasteiger partial charge in [0.25, 0.3) is 0 Å². The van der Waals surface area contributed by atoms with Crippen molar-refractivity contribution in [1.82, 2.24) is 4.90 Å². The summed E-state index contributed by atoms with van der Waals surface area (Å²) in [5.41, 5.74) is 3.35. The lowest BCUT2D eigenvalue weighted by Crippen LogP contribution is -2.51. The van der Waals surface area contributed by atoms with Gasteiger partial charge in [0, 0.05) is 43.1 Å². The number of anilines is 3. The molecule has 2 heterocycles. The van der Waals surface area contributed by atoms with E-state index in [1.807, 2.05) is 73.7 Å². The van der Waals surface area contributed by atoms with Gasteiger partial charge in [-0.3, -0.25) is 19.4 Å². The number of aryl methyl sites for hydroxylation is 1. The van der Waals surface area contributed by atoms with Crippen LogP contribution in [0.25, 0.3) is 0 Å². The van der Waals surface area contributed by atoms with Crippen molar-refractivity contribution in [3.63, 3.8) is 0 Å². The summed E-state index contributed by atoms with van der Waals surface area (Å²) in [7, 11) is 0. The minimum atomic E-state index is -1.23. The first kappa shape index (κ1) is 24.6. The first-order valence-corrected chi connectivity index (χ1v) is 12.7. The molecule has 0 aliphatic carbocycles. The number of aliphatic carboxylic acids is 1. The van der Waals surface area contributed by atoms with E-state index >= 15 is 0 Å². The molecule has 0 unspecified atom stereocenters. The summed E-state index contributed by atoms with van der Waals surface area (Å²) in [5.74, 6) is -1.26. The molecule has 1 N–H and O–H groups in total. The second-order valence-corrected chi connectivity index (χ2v) is 9.97. The number of hydrogen-bond acceptors (Lipinski definition) is 3. The minimum absolute atomic E-state index is 0.0927. The molecule has 1 fully saturated rings. The number of likely N-dealkylation sites (tertiary alicyclic amines) is 1. The highest BCUT2D eigenvalue weighted by molar-refractivity contribution is 6.02. The van der Waals surface area contributed by atoms with Gasteiger partial charge in [0.2, 0.25) is 5.91 Å². The number of hydrogen-bond donors (Lipinski definition) is 1. The maximum atomic E-state index is 13.7. The molecule has 0 spiro atoms. The first-order valence-electron chi connectivity index (χ1n) is 12.7. The molecule has 3 aromatic rings. The number of rotatable bonds is 5. The zero-order chi connectivity index (χ0) is 26.0. The van der Waals surface area contributed by atoms with Crippen molar-refractivity contribution < 1.29 is 19.5 Å². The number of amides is 3. The van der Waals surface area contributed by atoms with Gasteiger partial charge in [-0.25, -0.2) is 4.79 Å². The van der Waals surface area contributed by atoms with Gasteiger partial charge in [-0.05, 0) is 67.6 Å². The molecule has 3 aromatic carbocycles. The predicted molar refractivity (Wildman–Crippen MR) is 143 cm³/mol. The number of carboxylic acid groups (broad SMARTS) is 1. The molecule has 7 heteroatoms. The Bertz CT molecular complexity index is 1260. The van der Waals surface area contributed by atoms with Crippen LogP contribution in [0.1, 0.15) is 30.4 Å². The van der Waals surface area contributed by atoms with Gasteiger partial charge in [0.15, 0.2) is 0 Å². The molecule has 0 bridgehead atoms. The van der Waals surface area contributed by atoms with E-state index in [0.717, 1.165) is 23.2 Å². The Hall–Kier alpha value is -4.13. The van der Waals surface area contributed by atoms with Crippen molar-refractivity contribution in [3.8, 4) is 0 Å². The van der Waals surface area contributed by atoms with Gasteiger partial charge in [-0.15, -0.1) is 0 Å². The van der Waals surface area contributed by atoms with Crippen LogP contribution < -0.4 is 9.80 Å². The second-order valence-electron chi connectivity index (χ2n) is 9.97. The molecule has 37 heavy (non-hydrogen) atoms. The van der Waals surface area contributed by atoms with Crippen LogP contribution in [0, 0.1) is 12.3 Å². The second kappa shape index (κ2) is 10.1. The average molecular weight is 498 g/mol. The van der Waals surface area contributed by atoms with Crippen LogP contribution >= 0.6 is 0 Å². The number of fused-ring (bicyclic) bond motifs is 1. The molecule has 0 saturated carbocycles. The summed E-state index contributed by atoms with van der Waals surface area (Å²) in [4.78, 5) is 44.8. The van der Waals surface area contributed by atoms with E-state index in [4.69, 9.17) is 0 Å². The summed E-state index contributed by atoms with van der Waals surface area (Å²) in [6.07, 6.45) is 1.13. The standard InChI is InChI=1S/C30H31N3O4/c1-22-12-13-23-14-17-32(26(23)20-22)29(37)31-18-15-30(16-19-31,28(35)36)21-27(34)33(24-8-4-2-5-9-24)25-10-6-3-7-11-25/h2-13,20H,14-19,21H2,1H3,(H,35,36). The largest absolute Gasteiger partial charge is 0.481 e. The van der Waals surface area contributed by atoms with Gasteiger partial charge in [-0.2, -0.15) is 0 Å². The van der Waals surface area contributed by atoms with E-state index in [0.29, 0.717) is 31.0 Å². The molecule has 0 aromatic heterocycles. The summed E-state index contributed by atoms with van der Waals surface area (Å²) >= 11 is 0. The number of piperidine rings is 1. The van der Waals surface area contributed by atoms with Crippen LogP contribution in [0.2, 0.25) is 0 Å². The van der Waals surface area contributed by atoms with Crippen molar-refractivity contribution >= 4 is 35.0 Å². The fraction of sp³-hybridized carbons (Fsp3) is 0.300. The normalized spacial score (nSPS) is 16.2. The van der Waals surface area contributed by atoms with Crippen LogP contribution in [0.15, 0.2) is 78.9 Å². The Balaban J connectivity index is 1.33. The summed E-state index contributed by atoms with van der Waals surface area (Å²) < 4.78 is 0. The molecule has 3 amide bonds. The Morgan fingerprint density at radius 2 is 1.46 bits per heavy atom. The van der Waals surface area contributed by atoms with Crippen molar-refractivity contribution in [2.45, 2.75) is 32.6 Å². The highest BCUT2D eigenvalue weighted by Gasteiger charge is 2.46. The molecule has 7 nitrogen and oxygen atoms in total. The smallest absolute Gasteiger partial charge is 0.324 e. The third-order valence-electron chi connectivity index (χ3n) is 7.58. The van der Waals surface area contributed by atoms with Crippen molar-refractivity contribution in [2.75, 3.05) is 29.4 Å². The molecule has 190 valence electrons. The quantitative estimate of drug-likeness (QED) is 0.512. The highest BCUT2D eigenvalue weighted by Crippen LogP contribution is 2.39. The van der Waals surface area contributed by atoms with Crippen LogP contribution in [0.3, 0.4) is 0 Å². The van der Waals surface area contributed by atoms with E-state index in [2.05, 4.69) is 12.1 Å². The van der Waals surface area contributed by atoms with Gasteiger partial charge in [0.1, 0.15) is 0 Å². The third-order valence-corrected chi connectivity index (χ3v) is 7.58. The van der Waals surface area contributed by atoms with Crippen molar-refractivity contribution in [2.24, 2.45) is 5.41 Å². The summed E-state index contributed by atoms with van der Waals surface area (Å²) in [6.45, 7) is 3.23. The van der Waals surface area contributed by atoms with Crippen molar-refractivity contribution in [3.05, 3.63) is 90.0 Å². The Morgan fingerprint density at radius 3 is 2.03 bits per heavy atom. The van der Waals surface area contributed by atoms with Crippen LogP contribution in [0.5, 0.6) is 0 Å². The first-order chi connectivity index (χ1) is 17.9. The molecule has 0 radical (unpaired) electrons. The van der Waals surface area contributed by atoms with E-state index in [1.54, 1.807) is 14.7 Å². The molecule has 2 aliphatic heterocycles. The zero-order valence-electron chi connectivity index (χ0n) is 21.0. The monoisotopic (exact) mass is 497 g/mol. The number of carbonyl (C=O) groups excluding carboxylic acids is 2. The summed E-state index contributed by atoms with van der Waals surface area (Å²) in [5, 5.41) is 10.3. The van der Waals surface area contributed by atoms with Crippen LogP contribution in [-0.4, -0.2) is 47.5 Å². The summed E-state index contributed by atoms with van der Waals surface area (Å²) in [6, 6.07) is 24.6. The third kappa shape index (κ3) is 4.81. The predicted octanol–water partition coefficient (Wildman–Crippen LogP) is 5.40. The number of carbonyl (C=O) groups is 3. The number of para-hydroxylation sites is 2. The molecule has 2 aliphatic rings. The average Bonchev–Trinajstić information content (AvgIpc) is 3.33. The fourth-order valence-electron chi connectivity index (χ4n) is 5.41. The lowest BCUT2D eigenvalue weighted by molar-refractivity contribution is -0.154. The number of urea groups is 1. The van der Waals surface area contributed by atoms with E-state index in [1.165, 1.54) is 0 Å². The van der Waals surface area contributed by atoms with E-state index < -0.39 is 11.4 Å². The lowest BCUT2D eigenvalue weighted by atomic mass is 9.75. The molecular formula is C30H31N3O4. The molecule has 1 saturated heterocycles. The van der Waals surface area contributed by atoms with Gasteiger partial charge in [0.05, 0.1) is 5.41 Å². The molecular weight excluding hydrogens is 466 g/mol. The number of benzene rings is 3. The fourth-order valence-corrected chi connectivity index (χ4v) is 5.41. The highest BCUT2D eigenvalue weighted by atomic mass is 16.4. The zero-order valence-corrected chi connectivity index (χ0v) is 21.0. The van der Waals surface area contributed by atoms with E-state index in [9.17, 15) is 19.5 Å². The maximum Gasteiger partial charge on any atom is 0.324 e. The topological polar surface area (TPSA) is 81.2 Å². The van der Waals surface area contributed by atoms with Crippen molar-refractivity contribution in [1.29, 1.82) is 0 Å². The lowest BCUT2D eigenvalue weighted by Gasteiger charge is -2.40. The minimum Gasteiger partial charge on any atom is -0.481 e. The van der Waals surface area contributed by atoms with Gasteiger partial charge < -0.3 is 10.0 Å².